The smallest absolute Gasteiger partial charge is 0.249 e. The second-order valence-corrected chi connectivity index (χ2v) is 6.12. The molecule has 0 amide bonds. The normalized spacial score (nSPS) is 12.0. The molecule has 0 aliphatic rings. The fourth-order valence-electron chi connectivity index (χ4n) is 2.26. The molecule has 2 aromatic carbocycles. The number of methoxy groups -OCH3 is 1. The van der Waals surface area contributed by atoms with Gasteiger partial charge in [-0.2, -0.15) is 0 Å². The molecule has 1 N–H and O–H groups in total. The second-order valence-electron chi connectivity index (χ2n) is 5.28. The molecule has 1 atom stereocenters. The van der Waals surface area contributed by atoms with Gasteiger partial charge in [0.1, 0.15) is 17.6 Å². The van der Waals surface area contributed by atoms with Gasteiger partial charge >= 0.3 is 0 Å². The average Bonchev–Trinajstić information content (AvgIpc) is 3.06. The summed E-state index contributed by atoms with van der Waals surface area (Å²) in [7, 11) is 1.47. The topological polar surface area (TPSA) is 60.2 Å². The van der Waals surface area contributed by atoms with Crippen molar-refractivity contribution in [3.8, 4) is 17.2 Å². The van der Waals surface area contributed by atoms with Crippen LogP contribution in [0.5, 0.6) is 5.75 Å². The van der Waals surface area contributed by atoms with Gasteiger partial charge in [-0.05, 0) is 37.3 Å². The summed E-state index contributed by atoms with van der Waals surface area (Å²) < 4.78 is 24.1. The molecule has 0 fully saturated rings. The van der Waals surface area contributed by atoms with Crippen LogP contribution >= 0.6 is 23.2 Å². The van der Waals surface area contributed by atoms with Crippen molar-refractivity contribution in [2.75, 3.05) is 12.4 Å². The maximum atomic E-state index is 13.3. The molecular weight excluding hydrogens is 368 g/mol. The van der Waals surface area contributed by atoms with Crippen LogP contribution in [0.15, 0.2) is 40.8 Å². The van der Waals surface area contributed by atoms with E-state index in [4.69, 9.17) is 32.4 Å². The van der Waals surface area contributed by atoms with E-state index in [1.807, 2.05) is 6.92 Å². The Morgan fingerprint density at radius 3 is 2.68 bits per heavy atom. The molecule has 0 saturated carbocycles. The number of nitrogens with zero attached hydrogens (tertiary/aromatic N) is 2. The predicted molar refractivity (Wildman–Crippen MR) is 94.7 cm³/mol. The maximum absolute atomic E-state index is 13.3. The Morgan fingerprint density at radius 1 is 1.16 bits per heavy atom. The quantitative estimate of drug-likeness (QED) is 0.643. The van der Waals surface area contributed by atoms with E-state index in [0.29, 0.717) is 32.9 Å². The van der Waals surface area contributed by atoms with Crippen molar-refractivity contribution in [2.24, 2.45) is 0 Å². The Balaban J connectivity index is 1.82. The maximum Gasteiger partial charge on any atom is 0.249 e. The van der Waals surface area contributed by atoms with Crippen LogP contribution in [0.4, 0.5) is 10.1 Å². The third kappa shape index (κ3) is 3.86. The summed E-state index contributed by atoms with van der Waals surface area (Å²) in [5.41, 5.74) is 1.21. The molecule has 130 valence electrons. The number of benzene rings is 2. The first kappa shape index (κ1) is 17.5. The van der Waals surface area contributed by atoms with E-state index in [1.54, 1.807) is 24.3 Å². The second kappa shape index (κ2) is 7.29. The van der Waals surface area contributed by atoms with E-state index in [-0.39, 0.29) is 17.7 Å². The highest BCUT2D eigenvalue weighted by Gasteiger charge is 2.18. The lowest BCUT2D eigenvalue weighted by molar-refractivity contribution is 0.411. The van der Waals surface area contributed by atoms with Gasteiger partial charge in [-0.1, -0.05) is 23.2 Å². The van der Waals surface area contributed by atoms with Crippen LogP contribution in [-0.2, 0) is 0 Å². The van der Waals surface area contributed by atoms with Crippen LogP contribution in [0.3, 0.4) is 0 Å². The van der Waals surface area contributed by atoms with Gasteiger partial charge in [-0.3, -0.25) is 0 Å². The summed E-state index contributed by atoms with van der Waals surface area (Å²) in [4.78, 5) is 0. The number of nitrogens with one attached hydrogen (secondary N) is 1. The van der Waals surface area contributed by atoms with Crippen molar-refractivity contribution < 1.29 is 13.5 Å². The van der Waals surface area contributed by atoms with Gasteiger partial charge in [-0.25, -0.2) is 4.39 Å². The first-order valence-corrected chi connectivity index (χ1v) is 8.12. The number of hydrogen-bond acceptors (Lipinski definition) is 5. The first-order chi connectivity index (χ1) is 12.0. The predicted octanol–water partition coefficient (Wildman–Crippen LogP) is 5.36. The molecule has 3 aromatic rings. The minimum absolute atomic E-state index is 0.288. The largest absolute Gasteiger partial charge is 0.494 e. The number of ether oxygens (including phenoxy) is 1. The molecule has 1 heterocycles. The Labute approximate surface area is 153 Å². The fourth-order valence-corrected chi connectivity index (χ4v) is 2.75. The Bertz CT molecular complexity index is 901. The summed E-state index contributed by atoms with van der Waals surface area (Å²) in [5.74, 6) is 0.642. The van der Waals surface area contributed by atoms with Gasteiger partial charge in [0.05, 0.1) is 23.4 Å². The number of aromatic nitrogens is 2. The number of rotatable bonds is 5. The third-order valence-corrected chi connectivity index (χ3v) is 4.06. The molecule has 8 heteroatoms. The molecule has 1 unspecified atom stereocenters. The molecule has 25 heavy (non-hydrogen) atoms. The Hall–Kier alpha value is -2.31. The van der Waals surface area contributed by atoms with Crippen LogP contribution in [0.2, 0.25) is 10.0 Å². The highest BCUT2D eigenvalue weighted by atomic mass is 35.5. The van der Waals surface area contributed by atoms with Crippen LogP contribution in [0.1, 0.15) is 18.9 Å². The summed E-state index contributed by atoms with van der Waals surface area (Å²) >= 11 is 12.0. The fraction of sp³-hybridized carbons (Fsp3) is 0.176. The molecule has 5 nitrogen and oxygen atoms in total. The highest BCUT2D eigenvalue weighted by molar-refractivity contribution is 6.36. The summed E-state index contributed by atoms with van der Waals surface area (Å²) in [6.07, 6.45) is 0. The van der Waals surface area contributed by atoms with E-state index >= 15 is 0 Å². The van der Waals surface area contributed by atoms with Crippen molar-refractivity contribution in [1.82, 2.24) is 10.2 Å². The van der Waals surface area contributed by atoms with Gasteiger partial charge in [0, 0.05) is 11.1 Å². The molecule has 0 aliphatic carbocycles. The van der Waals surface area contributed by atoms with Crippen molar-refractivity contribution in [3.05, 3.63) is 58.2 Å². The Kier molecular flexibility index (Phi) is 5.11. The standard InChI is InChI=1S/C17H14Cl2FN3O2/c1-9(21-14-6-4-11(20)8-15(14)24-2)16-22-23-17(25-16)12-5-3-10(18)7-13(12)19/h3-9,21H,1-2H3. The van der Waals surface area contributed by atoms with Crippen LogP contribution < -0.4 is 10.1 Å². The van der Waals surface area contributed by atoms with Gasteiger partial charge in [0.15, 0.2) is 0 Å². The zero-order chi connectivity index (χ0) is 18.0. The van der Waals surface area contributed by atoms with Gasteiger partial charge in [0.2, 0.25) is 11.8 Å². The Morgan fingerprint density at radius 2 is 1.96 bits per heavy atom. The summed E-state index contributed by atoms with van der Waals surface area (Å²) in [6, 6.07) is 8.89. The van der Waals surface area contributed by atoms with Crippen molar-refractivity contribution >= 4 is 28.9 Å². The number of halogens is 3. The summed E-state index contributed by atoms with van der Waals surface area (Å²) in [5, 5.41) is 12.2. The minimum atomic E-state index is -0.382. The molecule has 0 radical (unpaired) electrons. The van der Waals surface area contributed by atoms with Crippen LogP contribution in [0, 0.1) is 5.82 Å². The molecule has 1 aromatic heterocycles. The van der Waals surface area contributed by atoms with E-state index in [9.17, 15) is 4.39 Å². The lowest BCUT2D eigenvalue weighted by Crippen LogP contribution is -2.08. The summed E-state index contributed by atoms with van der Waals surface area (Å²) in [6.45, 7) is 1.84. The zero-order valence-electron chi connectivity index (χ0n) is 13.4. The monoisotopic (exact) mass is 381 g/mol. The zero-order valence-corrected chi connectivity index (χ0v) is 14.9. The molecule has 0 spiro atoms. The van der Waals surface area contributed by atoms with Crippen molar-refractivity contribution in [2.45, 2.75) is 13.0 Å². The lowest BCUT2D eigenvalue weighted by Gasteiger charge is -2.14. The average molecular weight is 382 g/mol. The van der Waals surface area contributed by atoms with Crippen LogP contribution in [0.25, 0.3) is 11.5 Å². The SMILES string of the molecule is COc1cc(F)ccc1NC(C)c1nnc(-c2ccc(Cl)cc2Cl)o1. The van der Waals surface area contributed by atoms with Crippen molar-refractivity contribution in [3.63, 3.8) is 0 Å². The van der Waals surface area contributed by atoms with E-state index in [1.165, 1.54) is 19.2 Å². The number of anilines is 1. The lowest BCUT2D eigenvalue weighted by atomic mass is 10.2. The van der Waals surface area contributed by atoms with E-state index in [0.717, 1.165) is 0 Å². The minimum Gasteiger partial charge on any atom is -0.494 e. The molecular formula is C17H14Cl2FN3O2. The van der Waals surface area contributed by atoms with Crippen molar-refractivity contribution in [1.29, 1.82) is 0 Å². The first-order valence-electron chi connectivity index (χ1n) is 7.37. The van der Waals surface area contributed by atoms with E-state index in [2.05, 4.69) is 15.5 Å². The highest BCUT2D eigenvalue weighted by Crippen LogP contribution is 2.32. The molecule has 0 saturated heterocycles. The van der Waals surface area contributed by atoms with Crippen LogP contribution in [-0.4, -0.2) is 17.3 Å². The third-order valence-electron chi connectivity index (χ3n) is 3.51. The van der Waals surface area contributed by atoms with Gasteiger partial charge in [-0.15, -0.1) is 10.2 Å². The molecule has 0 bridgehead atoms. The van der Waals surface area contributed by atoms with E-state index < -0.39 is 0 Å². The molecule has 3 rings (SSSR count). The molecule has 0 aliphatic heterocycles. The van der Waals surface area contributed by atoms with Gasteiger partial charge < -0.3 is 14.5 Å². The number of hydrogen-bond donors (Lipinski definition) is 1. The van der Waals surface area contributed by atoms with Gasteiger partial charge in [0.25, 0.3) is 0 Å².